The van der Waals surface area contributed by atoms with E-state index in [4.69, 9.17) is 14.2 Å². The SMILES string of the molecule is COCCOCOc1cc(C[C@@H]2CN(CCN3CCc4sccc4C3)CCN2C(=O)c2cc(C(F)(F)F)cc(C(F)(F)F)c2)ccc1C. The first kappa shape index (κ1) is 36.1. The van der Waals surface area contributed by atoms with Crippen molar-refractivity contribution in [1.82, 2.24) is 14.7 Å². The zero-order valence-corrected chi connectivity index (χ0v) is 27.6. The lowest BCUT2D eigenvalue weighted by Gasteiger charge is -2.42. The summed E-state index contributed by atoms with van der Waals surface area (Å²) >= 11 is 1.77. The van der Waals surface area contributed by atoms with Crippen LogP contribution in [0.15, 0.2) is 47.8 Å². The zero-order valence-electron chi connectivity index (χ0n) is 26.8. The molecule has 0 radical (unpaired) electrons. The molecule has 1 fully saturated rings. The number of thiophene rings is 1. The smallest absolute Gasteiger partial charge is 0.416 e. The van der Waals surface area contributed by atoms with E-state index in [-0.39, 0.29) is 19.4 Å². The minimum absolute atomic E-state index is 0.00404. The molecule has 0 bridgehead atoms. The number of benzene rings is 2. The van der Waals surface area contributed by atoms with Crippen LogP contribution in [0.1, 0.15) is 43.1 Å². The highest BCUT2D eigenvalue weighted by Gasteiger charge is 2.39. The van der Waals surface area contributed by atoms with Gasteiger partial charge in [-0.05, 0) is 72.2 Å². The third kappa shape index (κ3) is 9.29. The van der Waals surface area contributed by atoms with Crippen molar-refractivity contribution in [3.8, 4) is 5.75 Å². The van der Waals surface area contributed by atoms with Crippen molar-refractivity contribution in [1.29, 1.82) is 0 Å². The zero-order chi connectivity index (χ0) is 34.5. The second kappa shape index (κ2) is 15.6. The number of rotatable bonds is 12. The van der Waals surface area contributed by atoms with E-state index in [2.05, 4.69) is 21.2 Å². The van der Waals surface area contributed by atoms with Gasteiger partial charge in [0.25, 0.3) is 5.91 Å². The number of ether oxygens (including phenoxy) is 3. The van der Waals surface area contributed by atoms with E-state index in [1.165, 1.54) is 15.3 Å². The highest BCUT2D eigenvalue weighted by molar-refractivity contribution is 7.10. The van der Waals surface area contributed by atoms with E-state index >= 15 is 0 Å². The number of methoxy groups -OCH3 is 1. The summed E-state index contributed by atoms with van der Waals surface area (Å²) in [6.07, 6.45) is -8.81. The van der Waals surface area contributed by atoms with Crippen LogP contribution < -0.4 is 4.74 Å². The Hall–Kier alpha value is -3.17. The van der Waals surface area contributed by atoms with Crippen LogP contribution >= 0.6 is 11.3 Å². The van der Waals surface area contributed by atoms with Gasteiger partial charge in [-0.2, -0.15) is 26.3 Å². The maximum Gasteiger partial charge on any atom is 0.416 e. The van der Waals surface area contributed by atoms with E-state index in [1.54, 1.807) is 18.4 Å². The number of carbonyl (C=O) groups excluding carboxylic acids is 1. The third-order valence-corrected chi connectivity index (χ3v) is 9.76. The van der Waals surface area contributed by atoms with Crippen LogP contribution in [0.5, 0.6) is 5.75 Å². The van der Waals surface area contributed by atoms with Crippen LogP contribution in [0, 0.1) is 6.92 Å². The summed E-state index contributed by atoms with van der Waals surface area (Å²) in [5.74, 6) is -0.298. The van der Waals surface area contributed by atoms with E-state index in [0.29, 0.717) is 57.2 Å². The van der Waals surface area contributed by atoms with Crippen molar-refractivity contribution >= 4 is 17.2 Å². The highest BCUT2D eigenvalue weighted by atomic mass is 32.1. The Kier molecular flexibility index (Phi) is 11.7. The topological polar surface area (TPSA) is 54.5 Å². The number of piperazine rings is 1. The molecule has 5 rings (SSSR count). The lowest BCUT2D eigenvalue weighted by Crippen LogP contribution is -2.57. The summed E-state index contributed by atoms with van der Waals surface area (Å²) in [6, 6.07) is 8.27. The molecule has 1 amide bonds. The average Bonchev–Trinajstić information content (AvgIpc) is 3.52. The van der Waals surface area contributed by atoms with Crippen LogP contribution in [0.2, 0.25) is 0 Å². The minimum atomic E-state index is -5.06. The number of aryl methyl sites for hydroxylation is 1. The molecule has 7 nitrogen and oxygen atoms in total. The number of fused-ring (bicyclic) bond motifs is 1. The Labute approximate surface area is 280 Å². The second-order valence-electron chi connectivity index (χ2n) is 12.1. The van der Waals surface area contributed by atoms with Crippen LogP contribution in [-0.4, -0.2) is 93.0 Å². The molecule has 2 aliphatic rings. The molecule has 0 unspecified atom stereocenters. The normalized spacial score (nSPS) is 17.8. The summed E-state index contributed by atoms with van der Waals surface area (Å²) in [4.78, 5) is 21.2. The maximum atomic E-state index is 13.8. The van der Waals surface area contributed by atoms with Crippen LogP contribution in [0.4, 0.5) is 26.3 Å². The molecule has 0 saturated carbocycles. The lowest BCUT2D eigenvalue weighted by atomic mass is 9.98. The summed E-state index contributed by atoms with van der Waals surface area (Å²) < 4.78 is 98.1. The predicted molar refractivity (Wildman–Crippen MR) is 169 cm³/mol. The first-order chi connectivity index (χ1) is 22.8. The summed E-state index contributed by atoms with van der Waals surface area (Å²) in [6.45, 7) is 6.92. The first-order valence-corrected chi connectivity index (χ1v) is 16.6. The monoisotopic (exact) mass is 699 g/mol. The third-order valence-electron chi connectivity index (χ3n) is 8.73. The fourth-order valence-electron chi connectivity index (χ4n) is 6.10. The maximum absolute atomic E-state index is 13.8. The molecule has 0 spiro atoms. The van der Waals surface area contributed by atoms with Gasteiger partial charge in [-0.15, -0.1) is 11.3 Å². The minimum Gasteiger partial charge on any atom is -0.467 e. The molecule has 0 aliphatic carbocycles. The standard InChI is InChI=1S/C34H39F6N3O4S/c1-23-3-4-24(16-30(23)47-22-46-13-12-45-2)15-29-21-42(9-8-41-7-5-31-25(20-41)6-14-48-31)10-11-43(29)32(44)26-17-27(33(35,36)37)19-28(18-26)34(38,39)40/h3-4,6,14,16-19,29H,5,7-13,15,20-22H2,1-2H3/t29-/m1/s1. The van der Waals surface area contributed by atoms with Gasteiger partial charge < -0.3 is 19.1 Å². The fourth-order valence-corrected chi connectivity index (χ4v) is 6.98. The second-order valence-corrected chi connectivity index (χ2v) is 13.1. The van der Waals surface area contributed by atoms with Gasteiger partial charge in [0.15, 0.2) is 6.79 Å². The Morgan fingerprint density at radius 1 is 0.917 bits per heavy atom. The van der Waals surface area contributed by atoms with Gasteiger partial charge in [-0.25, -0.2) is 0 Å². The van der Waals surface area contributed by atoms with Gasteiger partial charge in [-0.3, -0.25) is 14.6 Å². The molecule has 14 heteroatoms. The quantitative estimate of drug-likeness (QED) is 0.122. The first-order valence-electron chi connectivity index (χ1n) is 15.7. The molecule has 48 heavy (non-hydrogen) atoms. The number of amides is 1. The van der Waals surface area contributed by atoms with Gasteiger partial charge in [0, 0.05) is 69.4 Å². The van der Waals surface area contributed by atoms with Crippen molar-refractivity contribution in [2.45, 2.75) is 44.7 Å². The Balaban J connectivity index is 1.36. The molecule has 262 valence electrons. The molecular weight excluding hydrogens is 660 g/mol. The molecule has 1 atom stereocenters. The number of halogens is 6. The van der Waals surface area contributed by atoms with Crippen LogP contribution in [-0.2, 0) is 41.2 Å². The van der Waals surface area contributed by atoms with Gasteiger partial charge in [0.2, 0.25) is 0 Å². The van der Waals surface area contributed by atoms with E-state index < -0.39 is 41.0 Å². The summed E-state index contributed by atoms with van der Waals surface area (Å²) in [7, 11) is 1.56. The van der Waals surface area contributed by atoms with Crippen molar-refractivity contribution in [3.05, 3.63) is 86.1 Å². The average molecular weight is 700 g/mol. The molecule has 0 N–H and O–H groups in total. The van der Waals surface area contributed by atoms with E-state index in [1.807, 2.05) is 25.1 Å². The van der Waals surface area contributed by atoms with Gasteiger partial charge >= 0.3 is 12.4 Å². The molecule has 2 aromatic carbocycles. The van der Waals surface area contributed by atoms with Crippen molar-refractivity contribution < 1.29 is 45.3 Å². The Bertz CT molecular complexity index is 1510. The van der Waals surface area contributed by atoms with Gasteiger partial charge in [0.05, 0.1) is 24.3 Å². The predicted octanol–water partition coefficient (Wildman–Crippen LogP) is 6.52. The number of hydrogen-bond acceptors (Lipinski definition) is 7. The molecule has 2 aliphatic heterocycles. The fraction of sp³-hybridized carbons (Fsp3) is 0.500. The van der Waals surface area contributed by atoms with Gasteiger partial charge in [-0.1, -0.05) is 12.1 Å². The van der Waals surface area contributed by atoms with Crippen molar-refractivity contribution in [2.24, 2.45) is 0 Å². The largest absolute Gasteiger partial charge is 0.467 e. The Morgan fingerprint density at radius 3 is 2.35 bits per heavy atom. The number of nitrogens with zero attached hydrogens (tertiary/aromatic N) is 3. The molecular formula is C34H39F6N3O4S. The molecule has 3 heterocycles. The number of carbonyl (C=O) groups is 1. The van der Waals surface area contributed by atoms with Gasteiger partial charge in [0.1, 0.15) is 5.75 Å². The number of hydrogen-bond donors (Lipinski definition) is 0. The summed E-state index contributed by atoms with van der Waals surface area (Å²) in [5.41, 5.74) is -0.681. The van der Waals surface area contributed by atoms with Crippen molar-refractivity contribution in [3.63, 3.8) is 0 Å². The van der Waals surface area contributed by atoms with Crippen LogP contribution in [0.3, 0.4) is 0 Å². The molecule has 3 aromatic rings. The molecule has 1 aromatic heterocycles. The lowest BCUT2D eigenvalue weighted by molar-refractivity contribution is -0.143. The number of alkyl halides is 6. The Morgan fingerprint density at radius 2 is 1.65 bits per heavy atom. The van der Waals surface area contributed by atoms with Crippen molar-refractivity contribution in [2.75, 3.05) is 66.4 Å². The van der Waals surface area contributed by atoms with E-state index in [9.17, 15) is 31.1 Å². The summed E-state index contributed by atoms with van der Waals surface area (Å²) in [5, 5.41) is 2.10. The van der Waals surface area contributed by atoms with Crippen LogP contribution in [0.25, 0.3) is 0 Å². The highest BCUT2D eigenvalue weighted by Crippen LogP contribution is 2.37. The van der Waals surface area contributed by atoms with E-state index in [0.717, 1.165) is 37.2 Å². The molecule has 1 saturated heterocycles.